The van der Waals surface area contributed by atoms with Crippen molar-refractivity contribution in [1.29, 1.82) is 0 Å². The second kappa shape index (κ2) is 8.87. The first-order valence-corrected chi connectivity index (χ1v) is 9.15. The number of rotatable bonds is 7. The maximum absolute atomic E-state index is 13.4. The van der Waals surface area contributed by atoms with Crippen LogP contribution in [0.15, 0.2) is 52.9 Å². The van der Waals surface area contributed by atoms with E-state index in [0.29, 0.717) is 28.3 Å². The number of hydrogen-bond acceptors (Lipinski definition) is 5. The molecular formula is C22H23FN2O4. The van der Waals surface area contributed by atoms with Gasteiger partial charge in [-0.25, -0.2) is 9.37 Å². The predicted octanol–water partition coefficient (Wildman–Crippen LogP) is 3.53. The monoisotopic (exact) mass is 398 g/mol. The first-order valence-electron chi connectivity index (χ1n) is 9.15. The second-order valence-corrected chi connectivity index (χ2v) is 6.78. The highest BCUT2D eigenvalue weighted by atomic mass is 19.1. The second-order valence-electron chi connectivity index (χ2n) is 6.78. The molecule has 1 N–H and O–H groups in total. The van der Waals surface area contributed by atoms with E-state index in [0.717, 1.165) is 0 Å². The number of methoxy groups -OCH3 is 1. The van der Waals surface area contributed by atoms with Gasteiger partial charge in [0.05, 0.1) is 31.9 Å². The number of aliphatic hydroxyl groups excluding tert-OH is 1. The number of aliphatic hydroxyl groups is 1. The lowest BCUT2D eigenvalue weighted by Crippen LogP contribution is -2.32. The Hall–Kier alpha value is -3.19. The van der Waals surface area contributed by atoms with Crippen LogP contribution in [0.5, 0.6) is 5.75 Å². The number of benzene rings is 2. The highest BCUT2D eigenvalue weighted by Crippen LogP contribution is 2.23. The highest BCUT2D eigenvalue weighted by Gasteiger charge is 2.20. The molecule has 0 aliphatic carbocycles. The number of aromatic nitrogens is 1. The predicted molar refractivity (Wildman–Crippen MR) is 106 cm³/mol. The fourth-order valence-corrected chi connectivity index (χ4v) is 2.93. The zero-order chi connectivity index (χ0) is 21.0. The van der Waals surface area contributed by atoms with Gasteiger partial charge >= 0.3 is 0 Å². The van der Waals surface area contributed by atoms with Crippen molar-refractivity contribution in [2.24, 2.45) is 0 Å². The third kappa shape index (κ3) is 5.00. The molecule has 3 rings (SSSR count). The lowest BCUT2D eigenvalue weighted by molar-refractivity contribution is -0.130. The molecule has 1 amide bonds. The molecule has 2 aromatic carbocycles. The minimum atomic E-state index is -0.847. The highest BCUT2D eigenvalue weighted by molar-refractivity contribution is 5.78. The van der Waals surface area contributed by atoms with Gasteiger partial charge in [-0.2, -0.15) is 0 Å². The van der Waals surface area contributed by atoms with E-state index < -0.39 is 6.10 Å². The van der Waals surface area contributed by atoms with Gasteiger partial charge < -0.3 is 19.2 Å². The number of likely N-dealkylation sites (N-methyl/N-ethyl adjacent to an activating group) is 1. The molecule has 1 atom stereocenters. The number of amides is 1. The summed E-state index contributed by atoms with van der Waals surface area (Å²) >= 11 is 0. The van der Waals surface area contributed by atoms with E-state index in [1.165, 1.54) is 17.0 Å². The zero-order valence-electron chi connectivity index (χ0n) is 16.6. The third-order valence-corrected chi connectivity index (χ3v) is 4.63. The first-order chi connectivity index (χ1) is 13.9. The van der Waals surface area contributed by atoms with Crippen LogP contribution in [0, 0.1) is 12.7 Å². The van der Waals surface area contributed by atoms with Crippen molar-refractivity contribution in [3.8, 4) is 17.2 Å². The summed E-state index contributed by atoms with van der Waals surface area (Å²) in [6.45, 7) is 1.84. The van der Waals surface area contributed by atoms with Crippen LogP contribution in [0.2, 0.25) is 0 Å². The lowest BCUT2D eigenvalue weighted by Gasteiger charge is -2.21. The molecule has 0 fully saturated rings. The van der Waals surface area contributed by atoms with Crippen LogP contribution in [0.3, 0.4) is 0 Å². The van der Waals surface area contributed by atoms with Gasteiger partial charge in [-0.05, 0) is 42.8 Å². The van der Waals surface area contributed by atoms with E-state index in [2.05, 4.69) is 4.98 Å². The summed E-state index contributed by atoms with van der Waals surface area (Å²) in [5.74, 6) is 0.804. The van der Waals surface area contributed by atoms with Crippen molar-refractivity contribution in [2.75, 3.05) is 20.7 Å². The van der Waals surface area contributed by atoms with E-state index in [9.17, 15) is 14.3 Å². The van der Waals surface area contributed by atoms with Gasteiger partial charge in [0.1, 0.15) is 17.3 Å². The number of ether oxygens (including phenoxy) is 1. The average Bonchev–Trinajstić information content (AvgIpc) is 3.08. The number of carbonyl (C=O) groups excluding carboxylic acids is 1. The van der Waals surface area contributed by atoms with E-state index in [4.69, 9.17) is 9.15 Å². The van der Waals surface area contributed by atoms with Crippen LogP contribution in [0.25, 0.3) is 11.5 Å². The Morgan fingerprint density at radius 2 is 2.03 bits per heavy atom. The minimum Gasteiger partial charge on any atom is -0.497 e. The van der Waals surface area contributed by atoms with Crippen LogP contribution in [-0.4, -0.2) is 41.6 Å². The minimum absolute atomic E-state index is 0.0198. The van der Waals surface area contributed by atoms with Crippen molar-refractivity contribution >= 4 is 5.91 Å². The number of carbonyl (C=O) groups is 1. The summed E-state index contributed by atoms with van der Waals surface area (Å²) in [5.41, 5.74) is 1.65. The average molecular weight is 398 g/mol. The fraction of sp³-hybridized carbons (Fsp3) is 0.273. The van der Waals surface area contributed by atoms with Crippen LogP contribution in [0.1, 0.15) is 23.1 Å². The lowest BCUT2D eigenvalue weighted by atomic mass is 10.1. The van der Waals surface area contributed by atoms with Crippen molar-refractivity contribution in [2.45, 2.75) is 19.4 Å². The number of nitrogens with zero attached hydrogens (tertiary/aromatic N) is 2. The molecule has 3 aromatic rings. The Kier molecular flexibility index (Phi) is 6.29. The van der Waals surface area contributed by atoms with Gasteiger partial charge in [0.2, 0.25) is 11.8 Å². The molecule has 7 heteroatoms. The molecule has 6 nitrogen and oxygen atoms in total. The maximum Gasteiger partial charge on any atom is 0.228 e. The molecule has 0 saturated carbocycles. The van der Waals surface area contributed by atoms with Gasteiger partial charge in [0, 0.05) is 12.6 Å². The number of oxazole rings is 1. The van der Waals surface area contributed by atoms with Gasteiger partial charge in [0.15, 0.2) is 0 Å². The number of aryl methyl sites for hydroxylation is 1. The van der Waals surface area contributed by atoms with Crippen molar-refractivity contribution < 1.29 is 23.4 Å². The van der Waals surface area contributed by atoms with Crippen molar-refractivity contribution in [3.63, 3.8) is 0 Å². The van der Waals surface area contributed by atoms with Gasteiger partial charge in [-0.15, -0.1) is 0 Å². The topological polar surface area (TPSA) is 75.8 Å². The Morgan fingerprint density at radius 3 is 2.76 bits per heavy atom. The summed E-state index contributed by atoms with van der Waals surface area (Å²) in [6, 6.07) is 13.0. The fourth-order valence-electron chi connectivity index (χ4n) is 2.93. The number of halogens is 1. The van der Waals surface area contributed by atoms with Crippen LogP contribution < -0.4 is 4.74 Å². The van der Waals surface area contributed by atoms with Crippen LogP contribution in [-0.2, 0) is 11.2 Å². The molecule has 1 unspecified atom stereocenters. The smallest absolute Gasteiger partial charge is 0.228 e. The number of hydrogen-bond donors (Lipinski definition) is 1. The molecule has 0 aliphatic heterocycles. The molecule has 1 heterocycles. The SMILES string of the molecule is COc1cccc(C(O)CN(C)C(=O)Cc2nc(-c3cccc(F)c3)oc2C)c1. The quantitative estimate of drug-likeness (QED) is 0.659. The summed E-state index contributed by atoms with van der Waals surface area (Å²) in [6.07, 6.45) is -0.827. The van der Waals surface area contributed by atoms with Gasteiger partial charge in [-0.1, -0.05) is 18.2 Å². The maximum atomic E-state index is 13.4. The first kappa shape index (κ1) is 20.5. The molecule has 0 aliphatic rings. The largest absolute Gasteiger partial charge is 0.497 e. The standard InChI is InChI=1S/C22H23FN2O4/c1-14-19(24-22(29-14)16-7-4-8-17(23)10-16)12-21(27)25(2)13-20(26)15-6-5-9-18(11-15)28-3/h4-11,20,26H,12-13H2,1-3H3. The van der Waals surface area contributed by atoms with Crippen molar-refractivity contribution in [3.05, 3.63) is 71.4 Å². The summed E-state index contributed by atoms with van der Waals surface area (Å²) in [5, 5.41) is 10.4. The summed E-state index contributed by atoms with van der Waals surface area (Å²) in [4.78, 5) is 18.4. The molecule has 1 aromatic heterocycles. The molecule has 0 spiro atoms. The van der Waals surface area contributed by atoms with Gasteiger partial charge in [-0.3, -0.25) is 4.79 Å². The molecule has 29 heavy (non-hydrogen) atoms. The molecule has 0 radical (unpaired) electrons. The van der Waals surface area contributed by atoms with E-state index in [-0.39, 0.29) is 30.6 Å². The molecule has 152 valence electrons. The molecule has 0 bridgehead atoms. The third-order valence-electron chi connectivity index (χ3n) is 4.63. The van der Waals surface area contributed by atoms with Crippen LogP contribution >= 0.6 is 0 Å². The zero-order valence-corrected chi connectivity index (χ0v) is 16.6. The van der Waals surface area contributed by atoms with Crippen LogP contribution in [0.4, 0.5) is 4.39 Å². The summed E-state index contributed by atoms with van der Waals surface area (Å²) < 4.78 is 24.2. The van der Waals surface area contributed by atoms with E-state index in [1.807, 2.05) is 0 Å². The Balaban J connectivity index is 1.66. The molecule has 0 saturated heterocycles. The Bertz CT molecular complexity index is 1000. The van der Waals surface area contributed by atoms with E-state index >= 15 is 0 Å². The normalized spacial score (nSPS) is 11.9. The van der Waals surface area contributed by atoms with E-state index in [1.54, 1.807) is 57.5 Å². The Labute approximate surface area is 168 Å². The van der Waals surface area contributed by atoms with Crippen molar-refractivity contribution in [1.82, 2.24) is 9.88 Å². The molecular weight excluding hydrogens is 375 g/mol. The Morgan fingerprint density at radius 1 is 1.28 bits per heavy atom. The summed E-state index contributed by atoms with van der Waals surface area (Å²) in [7, 11) is 3.17. The van der Waals surface area contributed by atoms with Gasteiger partial charge in [0.25, 0.3) is 0 Å².